The topological polar surface area (TPSA) is 60.9 Å². The monoisotopic (exact) mass is 331 g/mol. The summed E-state index contributed by atoms with van der Waals surface area (Å²) in [4.78, 5) is 40.2. The van der Waals surface area contributed by atoms with Crippen LogP contribution in [0.2, 0.25) is 0 Å². The van der Waals surface area contributed by atoms with Crippen LogP contribution in [0.5, 0.6) is 0 Å². The third kappa shape index (κ3) is 4.57. The van der Waals surface area contributed by atoms with Crippen LogP contribution in [0.4, 0.5) is 4.79 Å². The first-order valence-corrected chi connectivity index (χ1v) is 8.40. The second-order valence-corrected chi connectivity index (χ2v) is 6.00. The van der Waals surface area contributed by atoms with Crippen LogP contribution < -0.4 is 0 Å². The Morgan fingerprint density at radius 2 is 1.92 bits per heavy atom. The standard InChI is InChI=1S/C18H25N3O3/c1-3-20(13-11-15-8-5-4-6-9-15)16(22)10-7-12-21-17(23)14-19(2)18(21)24/h4-6,8-9H,3,7,10-14H2,1-2H3. The number of urea groups is 1. The molecule has 0 aromatic heterocycles. The molecule has 1 fully saturated rings. The van der Waals surface area contributed by atoms with Gasteiger partial charge in [-0.05, 0) is 25.3 Å². The molecule has 6 nitrogen and oxygen atoms in total. The molecule has 2 rings (SSSR count). The van der Waals surface area contributed by atoms with Crippen LogP contribution in [0.3, 0.4) is 0 Å². The summed E-state index contributed by atoms with van der Waals surface area (Å²) in [6, 6.07) is 9.80. The lowest BCUT2D eigenvalue weighted by Gasteiger charge is -2.21. The number of nitrogens with zero attached hydrogens (tertiary/aromatic N) is 3. The summed E-state index contributed by atoms with van der Waals surface area (Å²) < 4.78 is 0. The summed E-state index contributed by atoms with van der Waals surface area (Å²) in [5, 5.41) is 0. The van der Waals surface area contributed by atoms with Gasteiger partial charge in [-0.2, -0.15) is 0 Å². The lowest BCUT2D eigenvalue weighted by Crippen LogP contribution is -2.35. The maximum absolute atomic E-state index is 12.3. The highest BCUT2D eigenvalue weighted by atomic mass is 16.2. The highest BCUT2D eigenvalue weighted by Gasteiger charge is 2.32. The van der Waals surface area contributed by atoms with E-state index in [1.54, 1.807) is 7.05 Å². The van der Waals surface area contributed by atoms with Crippen LogP contribution in [0.15, 0.2) is 30.3 Å². The molecule has 130 valence electrons. The van der Waals surface area contributed by atoms with Gasteiger partial charge in [-0.25, -0.2) is 4.79 Å². The van der Waals surface area contributed by atoms with Gasteiger partial charge >= 0.3 is 6.03 Å². The molecule has 0 bridgehead atoms. The SMILES string of the molecule is CCN(CCc1ccccc1)C(=O)CCCN1C(=O)CN(C)C1=O. The molecule has 0 unspecified atom stereocenters. The highest BCUT2D eigenvalue weighted by Crippen LogP contribution is 2.10. The molecule has 24 heavy (non-hydrogen) atoms. The molecule has 6 heteroatoms. The molecule has 0 aliphatic carbocycles. The minimum absolute atomic E-state index is 0.0703. The van der Waals surface area contributed by atoms with Crippen molar-refractivity contribution in [3.8, 4) is 0 Å². The Labute approximate surface area is 143 Å². The van der Waals surface area contributed by atoms with Crippen LogP contribution >= 0.6 is 0 Å². The Balaban J connectivity index is 1.75. The van der Waals surface area contributed by atoms with Crippen molar-refractivity contribution in [2.45, 2.75) is 26.2 Å². The van der Waals surface area contributed by atoms with E-state index >= 15 is 0 Å². The van der Waals surface area contributed by atoms with Gasteiger partial charge in [0.25, 0.3) is 0 Å². The molecule has 1 aliphatic heterocycles. The van der Waals surface area contributed by atoms with Crippen molar-refractivity contribution in [1.29, 1.82) is 0 Å². The molecule has 1 saturated heterocycles. The second kappa shape index (κ2) is 8.47. The number of imide groups is 1. The summed E-state index contributed by atoms with van der Waals surface area (Å²) in [5.41, 5.74) is 1.21. The van der Waals surface area contributed by atoms with Crippen molar-refractivity contribution >= 4 is 17.8 Å². The van der Waals surface area contributed by atoms with Gasteiger partial charge in [-0.15, -0.1) is 0 Å². The molecular formula is C18H25N3O3. The average Bonchev–Trinajstić information content (AvgIpc) is 2.82. The smallest absolute Gasteiger partial charge is 0.326 e. The Kier molecular flexibility index (Phi) is 6.35. The van der Waals surface area contributed by atoms with Crippen molar-refractivity contribution in [3.63, 3.8) is 0 Å². The second-order valence-electron chi connectivity index (χ2n) is 6.00. The molecule has 1 aromatic carbocycles. The van der Waals surface area contributed by atoms with Gasteiger partial charge in [0.2, 0.25) is 11.8 Å². The van der Waals surface area contributed by atoms with Gasteiger partial charge in [0.05, 0.1) is 0 Å². The number of carbonyl (C=O) groups excluding carboxylic acids is 3. The minimum Gasteiger partial charge on any atom is -0.343 e. The third-order valence-corrected chi connectivity index (χ3v) is 4.25. The van der Waals surface area contributed by atoms with Crippen molar-refractivity contribution in [2.75, 3.05) is 33.2 Å². The maximum Gasteiger partial charge on any atom is 0.326 e. The van der Waals surface area contributed by atoms with E-state index in [1.165, 1.54) is 15.4 Å². The molecule has 1 aliphatic rings. The summed E-state index contributed by atoms with van der Waals surface area (Å²) in [6.07, 6.45) is 1.68. The molecule has 0 spiro atoms. The van der Waals surface area contributed by atoms with Gasteiger partial charge in [-0.3, -0.25) is 14.5 Å². The zero-order chi connectivity index (χ0) is 17.5. The summed E-state index contributed by atoms with van der Waals surface area (Å²) in [5.74, 6) is -0.118. The maximum atomic E-state index is 12.3. The zero-order valence-electron chi connectivity index (χ0n) is 14.4. The first kappa shape index (κ1) is 18.0. The molecule has 4 amide bonds. The number of hydrogen-bond donors (Lipinski definition) is 0. The molecule has 1 aromatic rings. The number of carbonyl (C=O) groups is 3. The van der Waals surface area contributed by atoms with E-state index in [-0.39, 0.29) is 24.4 Å². The van der Waals surface area contributed by atoms with Crippen molar-refractivity contribution in [3.05, 3.63) is 35.9 Å². The van der Waals surface area contributed by atoms with E-state index in [2.05, 4.69) is 12.1 Å². The normalized spacial score (nSPS) is 14.4. The lowest BCUT2D eigenvalue weighted by molar-refractivity contribution is -0.131. The number of hydrogen-bond acceptors (Lipinski definition) is 3. The predicted octanol–water partition coefficient (Wildman–Crippen LogP) is 1.75. The number of benzene rings is 1. The number of amides is 4. The van der Waals surface area contributed by atoms with Crippen LogP contribution in [-0.4, -0.2) is 65.8 Å². The Morgan fingerprint density at radius 3 is 2.50 bits per heavy atom. The van der Waals surface area contributed by atoms with Crippen LogP contribution in [-0.2, 0) is 16.0 Å². The summed E-state index contributed by atoms with van der Waals surface area (Å²) in [6.45, 7) is 3.75. The van der Waals surface area contributed by atoms with E-state index in [0.717, 1.165) is 6.42 Å². The highest BCUT2D eigenvalue weighted by molar-refractivity contribution is 6.01. The van der Waals surface area contributed by atoms with E-state index < -0.39 is 0 Å². The largest absolute Gasteiger partial charge is 0.343 e. The van der Waals surface area contributed by atoms with E-state index in [0.29, 0.717) is 32.5 Å². The van der Waals surface area contributed by atoms with E-state index in [1.807, 2.05) is 30.0 Å². The fraction of sp³-hybridized carbons (Fsp3) is 0.500. The molecule has 0 radical (unpaired) electrons. The fourth-order valence-corrected chi connectivity index (χ4v) is 2.80. The van der Waals surface area contributed by atoms with Gasteiger partial charge in [0.15, 0.2) is 0 Å². The van der Waals surface area contributed by atoms with E-state index in [4.69, 9.17) is 0 Å². The molecular weight excluding hydrogens is 306 g/mol. The Bertz CT molecular complexity index is 588. The zero-order valence-corrected chi connectivity index (χ0v) is 14.4. The molecule has 0 saturated carbocycles. The van der Waals surface area contributed by atoms with Gasteiger partial charge in [0, 0.05) is 33.1 Å². The van der Waals surface area contributed by atoms with Crippen LogP contribution in [0, 0.1) is 0 Å². The van der Waals surface area contributed by atoms with Crippen LogP contribution in [0.25, 0.3) is 0 Å². The Hall–Kier alpha value is -2.37. The Morgan fingerprint density at radius 1 is 1.21 bits per heavy atom. The molecule has 1 heterocycles. The van der Waals surface area contributed by atoms with Crippen molar-refractivity contribution in [2.24, 2.45) is 0 Å². The number of likely N-dealkylation sites (N-methyl/N-ethyl adjacent to an activating group) is 2. The quantitative estimate of drug-likeness (QED) is 0.682. The molecule has 0 N–H and O–H groups in total. The van der Waals surface area contributed by atoms with Crippen molar-refractivity contribution < 1.29 is 14.4 Å². The van der Waals surface area contributed by atoms with Crippen LogP contribution in [0.1, 0.15) is 25.3 Å². The summed E-state index contributed by atoms with van der Waals surface area (Å²) >= 11 is 0. The van der Waals surface area contributed by atoms with Gasteiger partial charge in [0.1, 0.15) is 6.54 Å². The summed E-state index contributed by atoms with van der Waals surface area (Å²) in [7, 11) is 1.60. The minimum atomic E-state index is -0.274. The fourth-order valence-electron chi connectivity index (χ4n) is 2.80. The van der Waals surface area contributed by atoms with Gasteiger partial charge < -0.3 is 9.80 Å². The number of rotatable bonds is 8. The van der Waals surface area contributed by atoms with Crippen molar-refractivity contribution in [1.82, 2.24) is 14.7 Å². The predicted molar refractivity (Wildman–Crippen MR) is 91.4 cm³/mol. The van der Waals surface area contributed by atoms with Gasteiger partial charge in [-0.1, -0.05) is 30.3 Å². The van der Waals surface area contributed by atoms with E-state index in [9.17, 15) is 14.4 Å². The lowest BCUT2D eigenvalue weighted by atomic mass is 10.1. The first-order valence-electron chi connectivity index (χ1n) is 8.40. The average molecular weight is 331 g/mol. The third-order valence-electron chi connectivity index (χ3n) is 4.25. The first-order chi connectivity index (χ1) is 11.5. The molecule has 0 atom stereocenters.